The smallest absolute Gasteiger partial charge is 0.416 e. The van der Waals surface area contributed by atoms with Gasteiger partial charge in [0.05, 0.1) is 30.1 Å². The number of fused-ring (bicyclic) bond motifs is 1. The van der Waals surface area contributed by atoms with E-state index in [-0.39, 0.29) is 41.1 Å². The van der Waals surface area contributed by atoms with Crippen LogP contribution in [0.4, 0.5) is 18.9 Å². The second-order valence-corrected chi connectivity index (χ2v) is 12.3. The first-order valence-corrected chi connectivity index (χ1v) is 14.7. The number of carbonyl (C=O) groups is 1. The van der Waals surface area contributed by atoms with Crippen molar-refractivity contribution in [2.24, 2.45) is 13.0 Å². The lowest BCUT2D eigenvalue weighted by molar-refractivity contribution is -0.137. The summed E-state index contributed by atoms with van der Waals surface area (Å²) >= 11 is 0. The highest BCUT2D eigenvalue weighted by Gasteiger charge is 2.34. The van der Waals surface area contributed by atoms with Crippen molar-refractivity contribution < 1.29 is 36.2 Å². The second kappa shape index (κ2) is 12.3. The number of aromatic nitrogens is 2. The topological polar surface area (TPSA) is 117 Å². The molecule has 1 aliphatic heterocycles. The third-order valence-corrected chi connectivity index (χ3v) is 8.36. The molecule has 228 valence electrons. The lowest BCUT2D eigenvalue weighted by atomic mass is 9.99. The minimum absolute atomic E-state index is 0.124. The Morgan fingerprint density at radius 3 is 2.50 bits per heavy atom. The van der Waals surface area contributed by atoms with Crippen LogP contribution >= 0.6 is 0 Å². The maximum atomic E-state index is 13.6. The molecule has 14 heteroatoms. The number of ether oxygens (including phenoxy) is 1. The Hall–Kier alpha value is -3.62. The second-order valence-electron chi connectivity index (χ2n) is 10.7. The van der Waals surface area contributed by atoms with E-state index >= 15 is 0 Å². The summed E-state index contributed by atoms with van der Waals surface area (Å²) in [5, 5.41) is 9.70. The normalized spacial score (nSPS) is 18.7. The molecule has 2 aromatic carbocycles. The Kier molecular flexibility index (Phi) is 9.18. The number of benzene rings is 2. The number of aliphatic hydroxyl groups is 1. The molecule has 0 unspecified atom stereocenters. The fourth-order valence-electron chi connectivity index (χ4n) is 4.72. The molecule has 2 heterocycles. The van der Waals surface area contributed by atoms with Crippen LogP contribution in [0.15, 0.2) is 60.0 Å². The summed E-state index contributed by atoms with van der Waals surface area (Å²) in [7, 11) is -0.557. The van der Waals surface area contributed by atoms with Crippen LogP contribution in [-0.4, -0.2) is 77.7 Å². The summed E-state index contributed by atoms with van der Waals surface area (Å²) in [6, 6.07) is 8.86. The van der Waals surface area contributed by atoms with Gasteiger partial charge in [0, 0.05) is 44.5 Å². The summed E-state index contributed by atoms with van der Waals surface area (Å²) < 4.78 is 74.8. The lowest BCUT2D eigenvalue weighted by Crippen LogP contribution is -2.49. The fourth-order valence-corrected chi connectivity index (χ4v) is 5.75. The molecule has 0 fully saturated rings. The number of aliphatic hydroxyl groups excluding tert-OH is 1. The van der Waals surface area contributed by atoms with Gasteiger partial charge in [0.25, 0.3) is 15.9 Å². The monoisotopic (exact) mass is 609 g/mol. The van der Waals surface area contributed by atoms with Gasteiger partial charge in [-0.25, -0.2) is 4.98 Å². The van der Waals surface area contributed by atoms with Crippen molar-refractivity contribution >= 4 is 21.6 Å². The van der Waals surface area contributed by atoms with Crippen LogP contribution in [-0.2, 0) is 29.8 Å². The number of halogens is 3. The fraction of sp³-hybridized carbons (Fsp3) is 0.429. The number of anilines is 1. The van der Waals surface area contributed by atoms with Crippen molar-refractivity contribution in [3.63, 3.8) is 0 Å². The van der Waals surface area contributed by atoms with Gasteiger partial charge >= 0.3 is 6.18 Å². The molecule has 0 aliphatic carbocycles. The quantitative estimate of drug-likeness (QED) is 0.381. The number of likely N-dealkylation sites (N-methyl/N-ethyl adjacent to an activating group) is 1. The average Bonchev–Trinajstić information content (AvgIpc) is 3.37. The van der Waals surface area contributed by atoms with Gasteiger partial charge in [-0.2, -0.15) is 21.6 Å². The zero-order valence-electron chi connectivity index (χ0n) is 23.7. The summed E-state index contributed by atoms with van der Waals surface area (Å²) in [6.07, 6.45) is -2.15. The number of aryl methyl sites for hydroxylation is 1. The van der Waals surface area contributed by atoms with Crippen molar-refractivity contribution in [1.82, 2.24) is 19.4 Å². The van der Waals surface area contributed by atoms with E-state index in [1.807, 2.05) is 18.9 Å². The molecule has 0 spiro atoms. The highest BCUT2D eigenvalue weighted by Crippen LogP contribution is 2.32. The summed E-state index contributed by atoms with van der Waals surface area (Å²) in [6.45, 7) is 4.35. The van der Waals surface area contributed by atoms with E-state index in [0.29, 0.717) is 18.7 Å². The summed E-state index contributed by atoms with van der Waals surface area (Å²) in [5.74, 6) is -0.363. The molecule has 42 heavy (non-hydrogen) atoms. The van der Waals surface area contributed by atoms with Crippen molar-refractivity contribution in [3.8, 4) is 5.75 Å². The highest BCUT2D eigenvalue weighted by molar-refractivity contribution is 7.92. The lowest BCUT2D eigenvalue weighted by Gasteiger charge is -2.38. The molecule has 0 saturated heterocycles. The van der Waals surface area contributed by atoms with E-state index < -0.39 is 39.8 Å². The first kappa shape index (κ1) is 31.3. The molecule has 1 aliphatic rings. The number of imidazole rings is 1. The summed E-state index contributed by atoms with van der Waals surface area (Å²) in [5.41, 5.74) is 0.239. The highest BCUT2D eigenvalue weighted by atomic mass is 32.2. The van der Waals surface area contributed by atoms with Crippen molar-refractivity contribution in [2.45, 2.75) is 43.7 Å². The Labute approximate surface area is 242 Å². The maximum Gasteiger partial charge on any atom is 0.416 e. The Morgan fingerprint density at radius 1 is 1.21 bits per heavy atom. The number of nitrogens with zero attached hydrogens (tertiary/aromatic N) is 4. The minimum Gasteiger partial charge on any atom is -0.488 e. The number of nitrogens with one attached hydrogen (secondary N) is 1. The van der Waals surface area contributed by atoms with Gasteiger partial charge in [-0.1, -0.05) is 19.1 Å². The first-order valence-electron chi connectivity index (χ1n) is 13.3. The van der Waals surface area contributed by atoms with Crippen LogP contribution < -0.4 is 9.46 Å². The molecule has 10 nitrogen and oxygen atoms in total. The molecule has 2 N–H and O–H groups in total. The number of hydrogen-bond acceptors (Lipinski definition) is 7. The number of alkyl halides is 3. The average molecular weight is 610 g/mol. The Balaban J connectivity index is 1.59. The zero-order valence-corrected chi connectivity index (χ0v) is 24.5. The molecule has 0 bridgehead atoms. The van der Waals surface area contributed by atoms with Crippen molar-refractivity contribution in [2.75, 3.05) is 31.5 Å². The zero-order chi connectivity index (χ0) is 30.8. The number of sulfonamides is 1. The Bertz CT molecular complexity index is 1510. The number of rotatable bonds is 9. The molecule has 0 radical (unpaired) electrons. The third kappa shape index (κ3) is 7.23. The van der Waals surface area contributed by atoms with Gasteiger partial charge in [0.1, 0.15) is 11.9 Å². The SMILES string of the molecule is C[C@H]1CN([C@@H](C)CO)C(=O)c2cc(NS(=O)(=O)c3cn(C)cn3)ccc2O[C@@H]1CN(C)Cc1ccc(C(F)(F)F)cc1. The van der Waals surface area contributed by atoms with Crippen LogP contribution in [0.25, 0.3) is 0 Å². The van der Waals surface area contributed by atoms with Crippen molar-refractivity contribution in [3.05, 3.63) is 71.7 Å². The summed E-state index contributed by atoms with van der Waals surface area (Å²) in [4.78, 5) is 21.0. The minimum atomic E-state index is -4.41. The molecular formula is C28H34F3N5O5S. The van der Waals surface area contributed by atoms with Crippen LogP contribution in [0, 0.1) is 5.92 Å². The van der Waals surface area contributed by atoms with Crippen molar-refractivity contribution in [1.29, 1.82) is 0 Å². The van der Waals surface area contributed by atoms with Gasteiger partial charge in [-0.05, 0) is 49.9 Å². The molecule has 4 rings (SSSR count). The van der Waals surface area contributed by atoms with Gasteiger partial charge in [0.15, 0.2) is 5.03 Å². The van der Waals surface area contributed by atoms with Crippen LogP contribution in [0.2, 0.25) is 0 Å². The predicted octanol–water partition coefficient (Wildman–Crippen LogP) is 3.59. The number of hydrogen-bond donors (Lipinski definition) is 2. The predicted molar refractivity (Wildman–Crippen MR) is 149 cm³/mol. The van der Waals surface area contributed by atoms with E-state index in [0.717, 1.165) is 12.1 Å². The van der Waals surface area contributed by atoms with E-state index in [4.69, 9.17) is 4.74 Å². The standard InChI is InChI=1S/C28H34F3N5O5S/c1-18-12-36(19(2)16-37)27(38)23-11-22(33-42(39,40)26-15-35(4)17-32-26)9-10-24(23)41-25(18)14-34(3)13-20-5-7-21(8-6-20)28(29,30)31/h5-11,15,17-19,25,33,37H,12-14,16H2,1-4H3/t18-,19-,25+/m0/s1. The largest absolute Gasteiger partial charge is 0.488 e. The van der Waals surface area contributed by atoms with Crippen LogP contribution in [0.5, 0.6) is 5.75 Å². The Morgan fingerprint density at radius 2 is 1.90 bits per heavy atom. The van der Waals surface area contributed by atoms with E-state index in [1.54, 1.807) is 14.0 Å². The van der Waals surface area contributed by atoms with E-state index in [2.05, 4.69) is 9.71 Å². The molecule has 3 atom stereocenters. The molecule has 1 amide bonds. The van der Waals surface area contributed by atoms with Gasteiger partial charge in [0.2, 0.25) is 0 Å². The maximum absolute atomic E-state index is 13.6. The van der Waals surface area contributed by atoms with Gasteiger partial charge in [-0.15, -0.1) is 0 Å². The van der Waals surface area contributed by atoms with Crippen LogP contribution in [0.1, 0.15) is 35.3 Å². The molecule has 1 aromatic heterocycles. The van der Waals surface area contributed by atoms with E-state index in [9.17, 15) is 31.5 Å². The van der Waals surface area contributed by atoms with Gasteiger partial charge in [-0.3, -0.25) is 14.4 Å². The van der Waals surface area contributed by atoms with Gasteiger partial charge < -0.3 is 19.3 Å². The molecular weight excluding hydrogens is 575 g/mol. The molecule has 0 saturated carbocycles. The van der Waals surface area contributed by atoms with Crippen LogP contribution in [0.3, 0.4) is 0 Å². The number of carbonyl (C=O) groups excluding carboxylic acids is 1. The molecule has 3 aromatic rings. The third-order valence-electron chi connectivity index (χ3n) is 7.10. The van der Waals surface area contributed by atoms with E-state index in [1.165, 1.54) is 52.3 Å². The number of amides is 1. The first-order chi connectivity index (χ1) is 19.7.